The number of para-hydroxylation sites is 1. The van der Waals surface area contributed by atoms with E-state index in [2.05, 4.69) is 27.7 Å². The molecule has 2 heterocycles. The Hall–Kier alpha value is -3.94. The molecule has 32 heavy (non-hydrogen) atoms. The molecule has 0 fully saturated rings. The van der Waals surface area contributed by atoms with Crippen molar-refractivity contribution in [1.29, 1.82) is 0 Å². The normalized spacial score (nSPS) is 13.2. The number of benzene rings is 2. The van der Waals surface area contributed by atoms with Crippen molar-refractivity contribution in [2.45, 2.75) is 12.5 Å². The lowest BCUT2D eigenvalue weighted by molar-refractivity contribution is -0.136. The quantitative estimate of drug-likeness (QED) is 0.554. The summed E-state index contributed by atoms with van der Waals surface area (Å²) in [7, 11) is 3.03. The molecule has 0 spiro atoms. The first kappa shape index (κ1) is 21.3. The molecule has 0 radical (unpaired) electrons. The Kier molecular flexibility index (Phi) is 6.30. The summed E-state index contributed by atoms with van der Waals surface area (Å²) in [6, 6.07) is 16.5. The Balaban J connectivity index is 1.43. The van der Waals surface area contributed by atoms with Crippen molar-refractivity contribution in [1.82, 2.24) is 5.32 Å². The highest BCUT2D eigenvalue weighted by molar-refractivity contribution is 6.39. The van der Waals surface area contributed by atoms with Crippen LogP contribution in [0.2, 0.25) is 0 Å². The zero-order chi connectivity index (χ0) is 22.5. The van der Waals surface area contributed by atoms with Gasteiger partial charge in [-0.1, -0.05) is 18.2 Å². The highest BCUT2D eigenvalue weighted by atomic mass is 16.5. The van der Waals surface area contributed by atoms with Gasteiger partial charge < -0.3 is 29.4 Å². The van der Waals surface area contributed by atoms with Crippen molar-refractivity contribution in [3.8, 4) is 11.5 Å². The second-order valence-corrected chi connectivity index (χ2v) is 7.34. The molecule has 8 nitrogen and oxygen atoms in total. The summed E-state index contributed by atoms with van der Waals surface area (Å²) in [6.45, 7) is 1.03. The first-order valence-corrected chi connectivity index (χ1v) is 10.3. The molecular formula is C24H25N3O5. The van der Waals surface area contributed by atoms with Crippen molar-refractivity contribution in [2.24, 2.45) is 0 Å². The monoisotopic (exact) mass is 435 g/mol. The van der Waals surface area contributed by atoms with Crippen LogP contribution in [0.3, 0.4) is 0 Å². The average molecular weight is 435 g/mol. The van der Waals surface area contributed by atoms with E-state index in [4.69, 9.17) is 13.9 Å². The average Bonchev–Trinajstić information content (AvgIpc) is 3.50. The lowest BCUT2D eigenvalue weighted by Crippen LogP contribution is -2.41. The maximum Gasteiger partial charge on any atom is 0.313 e. The standard InChI is InChI=1S/C24H25N3O5/c1-30-21-10-9-17(14-22(21)31-2)26-24(29)23(28)25-15-19(20-8-5-13-32-20)27-12-11-16-6-3-4-7-18(16)27/h3-10,13-14,19H,11-12,15H2,1-2H3,(H,25,28)(H,26,29)/t19-/m0/s1. The third-order valence-electron chi connectivity index (χ3n) is 5.47. The lowest BCUT2D eigenvalue weighted by Gasteiger charge is -2.29. The molecule has 4 rings (SSSR count). The number of fused-ring (bicyclic) bond motifs is 1. The van der Waals surface area contributed by atoms with E-state index in [1.54, 1.807) is 24.5 Å². The van der Waals surface area contributed by atoms with Crippen LogP contribution in [0.15, 0.2) is 65.3 Å². The Bertz CT molecular complexity index is 1100. The first-order valence-electron chi connectivity index (χ1n) is 10.3. The van der Waals surface area contributed by atoms with Crippen LogP contribution in [-0.2, 0) is 16.0 Å². The van der Waals surface area contributed by atoms with Gasteiger partial charge in [0.25, 0.3) is 0 Å². The van der Waals surface area contributed by atoms with E-state index in [0.717, 1.165) is 24.4 Å². The number of carbonyl (C=O) groups excluding carboxylic acids is 2. The molecule has 0 aliphatic carbocycles. The van der Waals surface area contributed by atoms with Crippen molar-refractivity contribution in [3.05, 3.63) is 72.2 Å². The summed E-state index contributed by atoms with van der Waals surface area (Å²) in [5, 5.41) is 5.33. The van der Waals surface area contributed by atoms with E-state index >= 15 is 0 Å². The predicted octanol–water partition coefficient (Wildman–Crippen LogP) is 3.16. The minimum Gasteiger partial charge on any atom is -0.493 e. The topological polar surface area (TPSA) is 93.0 Å². The number of ether oxygens (including phenoxy) is 2. The van der Waals surface area contributed by atoms with Gasteiger partial charge in [0, 0.05) is 30.5 Å². The summed E-state index contributed by atoms with van der Waals surface area (Å²) in [6.07, 6.45) is 2.52. The maximum absolute atomic E-state index is 12.5. The van der Waals surface area contributed by atoms with E-state index in [1.807, 2.05) is 24.3 Å². The summed E-state index contributed by atoms with van der Waals surface area (Å²) in [5.41, 5.74) is 2.79. The van der Waals surface area contributed by atoms with E-state index < -0.39 is 11.8 Å². The van der Waals surface area contributed by atoms with Gasteiger partial charge in [0.05, 0.1) is 20.5 Å². The predicted molar refractivity (Wildman–Crippen MR) is 120 cm³/mol. The number of nitrogens with one attached hydrogen (secondary N) is 2. The van der Waals surface area contributed by atoms with Crippen LogP contribution < -0.4 is 25.0 Å². The summed E-state index contributed by atoms with van der Waals surface area (Å²) < 4.78 is 16.1. The molecule has 2 amide bonds. The minimum atomic E-state index is -0.766. The minimum absolute atomic E-state index is 0.222. The molecular weight excluding hydrogens is 410 g/mol. The number of hydrogen-bond acceptors (Lipinski definition) is 6. The van der Waals surface area contributed by atoms with Gasteiger partial charge in [-0.15, -0.1) is 0 Å². The zero-order valence-electron chi connectivity index (χ0n) is 18.0. The number of rotatable bonds is 7. The number of anilines is 2. The Morgan fingerprint density at radius 3 is 2.59 bits per heavy atom. The zero-order valence-corrected chi connectivity index (χ0v) is 18.0. The molecule has 0 unspecified atom stereocenters. The van der Waals surface area contributed by atoms with Gasteiger partial charge in [-0.25, -0.2) is 0 Å². The van der Waals surface area contributed by atoms with Crippen LogP contribution in [-0.4, -0.2) is 39.1 Å². The second-order valence-electron chi connectivity index (χ2n) is 7.34. The van der Waals surface area contributed by atoms with Crippen molar-refractivity contribution < 1.29 is 23.5 Å². The number of hydrogen-bond donors (Lipinski definition) is 2. The number of furan rings is 1. The molecule has 166 valence electrons. The maximum atomic E-state index is 12.5. The van der Waals surface area contributed by atoms with Crippen LogP contribution in [0.25, 0.3) is 0 Å². The van der Waals surface area contributed by atoms with Crippen molar-refractivity contribution >= 4 is 23.2 Å². The van der Waals surface area contributed by atoms with Crippen molar-refractivity contribution in [3.63, 3.8) is 0 Å². The first-order chi connectivity index (χ1) is 15.6. The Morgan fingerprint density at radius 2 is 1.84 bits per heavy atom. The molecule has 0 saturated heterocycles. The summed E-state index contributed by atoms with van der Waals surface area (Å²) in [4.78, 5) is 27.2. The highest BCUT2D eigenvalue weighted by Gasteiger charge is 2.29. The smallest absolute Gasteiger partial charge is 0.313 e. The van der Waals surface area contributed by atoms with Gasteiger partial charge in [-0.3, -0.25) is 9.59 Å². The molecule has 0 saturated carbocycles. The fourth-order valence-electron chi connectivity index (χ4n) is 3.90. The largest absolute Gasteiger partial charge is 0.493 e. The number of carbonyl (C=O) groups is 2. The molecule has 1 aliphatic heterocycles. The molecule has 8 heteroatoms. The van der Waals surface area contributed by atoms with Gasteiger partial charge >= 0.3 is 11.8 Å². The van der Waals surface area contributed by atoms with Gasteiger partial charge in [0.2, 0.25) is 0 Å². The molecule has 3 aromatic rings. The third kappa shape index (κ3) is 4.39. The SMILES string of the molecule is COc1ccc(NC(=O)C(=O)NC[C@@H](c2ccco2)N2CCc3ccccc32)cc1OC. The van der Waals surface area contributed by atoms with Gasteiger partial charge in [0.15, 0.2) is 11.5 Å². The number of nitrogens with zero attached hydrogens (tertiary/aromatic N) is 1. The van der Waals surface area contributed by atoms with Gasteiger partial charge in [-0.05, 0) is 42.3 Å². The number of amides is 2. The van der Waals surface area contributed by atoms with Crippen LogP contribution in [0.1, 0.15) is 17.4 Å². The van der Waals surface area contributed by atoms with Crippen LogP contribution in [0, 0.1) is 0 Å². The molecule has 2 aromatic carbocycles. The van der Waals surface area contributed by atoms with E-state index in [0.29, 0.717) is 17.2 Å². The summed E-state index contributed by atoms with van der Waals surface area (Å²) >= 11 is 0. The van der Waals surface area contributed by atoms with Crippen molar-refractivity contribution in [2.75, 3.05) is 37.5 Å². The number of methoxy groups -OCH3 is 2. The molecule has 1 aromatic heterocycles. The Morgan fingerprint density at radius 1 is 1.03 bits per heavy atom. The lowest BCUT2D eigenvalue weighted by atomic mass is 10.1. The molecule has 1 aliphatic rings. The van der Waals surface area contributed by atoms with Crippen LogP contribution >= 0.6 is 0 Å². The fourth-order valence-corrected chi connectivity index (χ4v) is 3.90. The summed E-state index contributed by atoms with van der Waals surface area (Å²) in [5.74, 6) is 0.210. The second kappa shape index (κ2) is 9.47. The van der Waals surface area contributed by atoms with E-state index in [9.17, 15) is 9.59 Å². The molecule has 0 bridgehead atoms. The fraction of sp³-hybridized carbons (Fsp3) is 0.250. The van der Waals surface area contributed by atoms with Crippen LogP contribution in [0.5, 0.6) is 11.5 Å². The van der Waals surface area contributed by atoms with Crippen LogP contribution in [0.4, 0.5) is 11.4 Å². The van der Waals surface area contributed by atoms with Gasteiger partial charge in [0.1, 0.15) is 11.8 Å². The molecule has 2 N–H and O–H groups in total. The molecule has 1 atom stereocenters. The third-order valence-corrected chi connectivity index (χ3v) is 5.47. The van der Waals surface area contributed by atoms with E-state index in [-0.39, 0.29) is 12.6 Å². The van der Waals surface area contributed by atoms with E-state index in [1.165, 1.54) is 19.8 Å². The Labute approximate surface area is 186 Å². The highest BCUT2D eigenvalue weighted by Crippen LogP contribution is 2.35. The van der Waals surface area contributed by atoms with Gasteiger partial charge in [-0.2, -0.15) is 0 Å².